The number of hydrogen-bond acceptors (Lipinski definition) is 4. The minimum Gasteiger partial charge on any atom is -0.355 e. The van der Waals surface area contributed by atoms with E-state index in [1.165, 1.54) is 29.4 Å². The van der Waals surface area contributed by atoms with Gasteiger partial charge < -0.3 is 15.5 Å². The second kappa shape index (κ2) is 12.2. The van der Waals surface area contributed by atoms with Gasteiger partial charge in [0.15, 0.2) is 5.96 Å². The summed E-state index contributed by atoms with van der Waals surface area (Å²) in [5.41, 5.74) is 0. The summed E-state index contributed by atoms with van der Waals surface area (Å²) < 4.78 is 0. The zero-order chi connectivity index (χ0) is 18.2. The van der Waals surface area contributed by atoms with Crippen LogP contribution < -0.4 is 10.6 Å². The smallest absolute Gasteiger partial charge is 0.191 e. The van der Waals surface area contributed by atoms with Crippen molar-refractivity contribution in [3.05, 3.63) is 21.9 Å². The van der Waals surface area contributed by atoms with Crippen molar-refractivity contribution in [2.45, 2.75) is 46.2 Å². The number of nitrogens with one attached hydrogen (secondary N) is 2. The van der Waals surface area contributed by atoms with Crippen molar-refractivity contribution in [3.63, 3.8) is 0 Å². The van der Waals surface area contributed by atoms with Crippen LogP contribution in [0.2, 0.25) is 0 Å². The van der Waals surface area contributed by atoms with Crippen LogP contribution in [-0.4, -0.2) is 74.2 Å². The van der Waals surface area contributed by atoms with E-state index in [0.717, 1.165) is 32.0 Å². The van der Waals surface area contributed by atoms with E-state index in [1.54, 1.807) is 0 Å². The maximum Gasteiger partial charge on any atom is 0.191 e. The summed E-state index contributed by atoms with van der Waals surface area (Å²) in [6, 6.07) is 5.31. The summed E-state index contributed by atoms with van der Waals surface area (Å²) in [5.74, 6) is 0.903. The number of piperazine rings is 1. The van der Waals surface area contributed by atoms with E-state index in [0.29, 0.717) is 12.1 Å². The van der Waals surface area contributed by atoms with Crippen molar-refractivity contribution < 1.29 is 0 Å². The third-order valence-electron chi connectivity index (χ3n) is 4.95. The van der Waals surface area contributed by atoms with E-state index in [2.05, 4.69) is 65.3 Å². The molecule has 0 saturated carbocycles. The van der Waals surface area contributed by atoms with Gasteiger partial charge in [0.2, 0.25) is 0 Å². The number of thiophene rings is 1. The average Bonchev–Trinajstić information content (AvgIpc) is 3.02. The molecule has 1 saturated heterocycles. The van der Waals surface area contributed by atoms with Gasteiger partial charge in [0.05, 0.1) is 0 Å². The molecule has 150 valence electrons. The zero-order valence-corrected chi connectivity index (χ0v) is 20.1. The molecule has 1 aromatic heterocycles. The summed E-state index contributed by atoms with van der Waals surface area (Å²) >= 11 is 1.88. The fraction of sp³-hybridized carbons (Fsp3) is 0.737. The standard InChI is InChI=1S/C19H35N5S.HI/c1-6-23-9-11-24(12-10-23)16(3)14-21-19(20-5)22-15(2)13-18-8-7-17(4)25-18;/h7-8,15-16H,6,9-14H2,1-5H3,(H2,20,21,22);1H. The Hall–Kier alpha value is -0.380. The fourth-order valence-electron chi connectivity index (χ4n) is 3.27. The van der Waals surface area contributed by atoms with E-state index in [-0.39, 0.29) is 24.0 Å². The Balaban J connectivity index is 0.00000338. The van der Waals surface area contributed by atoms with Gasteiger partial charge in [-0.2, -0.15) is 0 Å². The molecule has 0 bridgehead atoms. The van der Waals surface area contributed by atoms with Gasteiger partial charge in [-0.1, -0.05) is 6.92 Å². The van der Waals surface area contributed by atoms with Gasteiger partial charge in [-0.3, -0.25) is 9.89 Å². The van der Waals surface area contributed by atoms with Gasteiger partial charge in [0.25, 0.3) is 0 Å². The van der Waals surface area contributed by atoms with Crippen molar-refractivity contribution >= 4 is 41.3 Å². The topological polar surface area (TPSA) is 42.9 Å². The highest BCUT2D eigenvalue weighted by Crippen LogP contribution is 2.16. The predicted molar refractivity (Wildman–Crippen MR) is 125 cm³/mol. The van der Waals surface area contributed by atoms with Crippen molar-refractivity contribution in [2.75, 3.05) is 46.3 Å². The van der Waals surface area contributed by atoms with Crippen LogP contribution in [0.1, 0.15) is 30.5 Å². The van der Waals surface area contributed by atoms with Crippen LogP contribution in [0.15, 0.2) is 17.1 Å². The van der Waals surface area contributed by atoms with Crippen molar-refractivity contribution in [1.82, 2.24) is 20.4 Å². The number of aliphatic imine (C=N–C) groups is 1. The lowest BCUT2D eigenvalue weighted by Gasteiger charge is -2.37. The van der Waals surface area contributed by atoms with Gasteiger partial charge in [0, 0.05) is 68.0 Å². The van der Waals surface area contributed by atoms with E-state index < -0.39 is 0 Å². The molecule has 26 heavy (non-hydrogen) atoms. The molecule has 2 rings (SSSR count). The SMILES string of the molecule is CCN1CCN(C(C)CNC(=NC)NC(C)Cc2ccc(C)s2)CC1.I. The Bertz CT molecular complexity index is 540. The second-order valence-electron chi connectivity index (χ2n) is 7.03. The average molecular weight is 494 g/mol. The van der Waals surface area contributed by atoms with Gasteiger partial charge in [-0.15, -0.1) is 35.3 Å². The lowest BCUT2D eigenvalue weighted by molar-refractivity contribution is 0.107. The number of guanidine groups is 1. The van der Waals surface area contributed by atoms with Crippen LogP contribution in [0.5, 0.6) is 0 Å². The molecule has 0 aliphatic carbocycles. The van der Waals surface area contributed by atoms with Crippen LogP contribution >= 0.6 is 35.3 Å². The van der Waals surface area contributed by atoms with Crippen molar-refractivity contribution in [3.8, 4) is 0 Å². The number of hydrogen-bond donors (Lipinski definition) is 2. The molecule has 2 heterocycles. The number of nitrogens with zero attached hydrogens (tertiary/aromatic N) is 3. The molecule has 0 amide bonds. The summed E-state index contributed by atoms with van der Waals surface area (Å²) in [6.07, 6.45) is 1.04. The second-order valence-corrected chi connectivity index (χ2v) is 8.41. The molecule has 0 radical (unpaired) electrons. The van der Waals surface area contributed by atoms with Gasteiger partial charge in [-0.25, -0.2) is 0 Å². The summed E-state index contributed by atoms with van der Waals surface area (Å²) in [6.45, 7) is 15.7. The Kier molecular flexibility index (Phi) is 11.1. The number of aryl methyl sites for hydroxylation is 1. The van der Waals surface area contributed by atoms with Gasteiger partial charge in [0.1, 0.15) is 0 Å². The lowest BCUT2D eigenvalue weighted by Crippen LogP contribution is -2.53. The third kappa shape index (κ3) is 7.70. The monoisotopic (exact) mass is 493 g/mol. The molecule has 2 unspecified atom stereocenters. The Labute approximate surface area is 180 Å². The summed E-state index contributed by atoms with van der Waals surface area (Å²) in [5, 5.41) is 7.02. The van der Waals surface area contributed by atoms with Crippen molar-refractivity contribution in [2.24, 2.45) is 4.99 Å². The highest BCUT2D eigenvalue weighted by atomic mass is 127. The molecular formula is C19H36IN5S. The van der Waals surface area contributed by atoms with Gasteiger partial charge >= 0.3 is 0 Å². The molecule has 5 nitrogen and oxygen atoms in total. The van der Waals surface area contributed by atoms with Crippen LogP contribution in [0.25, 0.3) is 0 Å². The predicted octanol–water partition coefficient (Wildman–Crippen LogP) is 2.80. The Morgan fingerprint density at radius 1 is 1.23 bits per heavy atom. The summed E-state index contributed by atoms with van der Waals surface area (Å²) in [4.78, 5) is 12.3. The van der Waals surface area contributed by atoms with Crippen LogP contribution in [0.3, 0.4) is 0 Å². The third-order valence-corrected chi connectivity index (χ3v) is 5.98. The number of rotatable bonds is 7. The van der Waals surface area contributed by atoms with Crippen LogP contribution in [0, 0.1) is 6.92 Å². The molecule has 1 aromatic rings. The zero-order valence-electron chi connectivity index (χ0n) is 16.9. The maximum atomic E-state index is 4.39. The van der Waals surface area contributed by atoms with E-state index in [9.17, 15) is 0 Å². The Morgan fingerprint density at radius 3 is 2.46 bits per heavy atom. The quantitative estimate of drug-likeness (QED) is 0.349. The van der Waals surface area contributed by atoms with Crippen LogP contribution in [-0.2, 0) is 6.42 Å². The molecule has 1 aliphatic heterocycles. The molecule has 1 aliphatic rings. The highest BCUT2D eigenvalue weighted by Gasteiger charge is 2.20. The lowest BCUT2D eigenvalue weighted by atomic mass is 10.2. The molecular weight excluding hydrogens is 457 g/mol. The largest absolute Gasteiger partial charge is 0.355 e. The molecule has 2 N–H and O–H groups in total. The number of halogens is 1. The molecule has 0 spiro atoms. The first-order valence-electron chi connectivity index (χ1n) is 9.50. The number of likely N-dealkylation sites (N-methyl/N-ethyl adjacent to an activating group) is 1. The first-order valence-corrected chi connectivity index (χ1v) is 10.3. The molecule has 2 atom stereocenters. The fourth-order valence-corrected chi connectivity index (χ4v) is 4.29. The van der Waals surface area contributed by atoms with E-state index in [1.807, 2.05) is 18.4 Å². The minimum absolute atomic E-state index is 0. The van der Waals surface area contributed by atoms with E-state index >= 15 is 0 Å². The van der Waals surface area contributed by atoms with Gasteiger partial charge in [-0.05, 0) is 39.4 Å². The molecule has 0 aromatic carbocycles. The summed E-state index contributed by atoms with van der Waals surface area (Å²) in [7, 11) is 1.85. The molecule has 7 heteroatoms. The first kappa shape index (κ1) is 23.7. The normalized spacial score (nSPS) is 18.9. The van der Waals surface area contributed by atoms with Crippen molar-refractivity contribution in [1.29, 1.82) is 0 Å². The van der Waals surface area contributed by atoms with E-state index in [4.69, 9.17) is 0 Å². The first-order chi connectivity index (χ1) is 12.0. The van der Waals surface area contributed by atoms with Crippen LogP contribution in [0.4, 0.5) is 0 Å². The maximum absolute atomic E-state index is 4.39. The molecule has 1 fully saturated rings. The minimum atomic E-state index is 0. The Morgan fingerprint density at radius 2 is 1.92 bits per heavy atom. The highest BCUT2D eigenvalue weighted by molar-refractivity contribution is 14.0.